The van der Waals surface area contributed by atoms with Gasteiger partial charge >= 0.3 is 0 Å². The second-order valence-corrected chi connectivity index (χ2v) is 5.65. The van der Waals surface area contributed by atoms with Crippen LogP contribution in [0.1, 0.15) is 32.0 Å². The van der Waals surface area contributed by atoms with Crippen molar-refractivity contribution < 1.29 is 0 Å². The minimum absolute atomic E-state index is 0.0145. The Hall–Kier alpha value is -1.97. The lowest BCUT2D eigenvalue weighted by Gasteiger charge is -2.19. The van der Waals surface area contributed by atoms with E-state index in [0.717, 1.165) is 28.5 Å². The van der Waals surface area contributed by atoms with Crippen molar-refractivity contribution in [3.8, 4) is 11.4 Å². The number of aromatic nitrogens is 3. The van der Waals surface area contributed by atoms with E-state index in [9.17, 15) is 0 Å². The summed E-state index contributed by atoms with van der Waals surface area (Å²) >= 11 is 0. The fraction of sp³-hybridized carbons (Fsp3) is 0.400. The molecule has 0 aliphatic heterocycles. The van der Waals surface area contributed by atoms with E-state index in [2.05, 4.69) is 36.1 Å². The number of nitrogens with one attached hydrogen (secondary N) is 1. The maximum absolute atomic E-state index is 4.69. The van der Waals surface area contributed by atoms with Crippen molar-refractivity contribution in [2.75, 3.05) is 12.4 Å². The van der Waals surface area contributed by atoms with Gasteiger partial charge < -0.3 is 5.32 Å². The van der Waals surface area contributed by atoms with Crippen LogP contribution in [0.15, 0.2) is 24.5 Å². The largest absolute Gasteiger partial charge is 0.373 e. The summed E-state index contributed by atoms with van der Waals surface area (Å²) in [6.07, 6.45) is 3.60. The summed E-state index contributed by atoms with van der Waals surface area (Å²) in [5.41, 5.74) is 3.11. The molecule has 0 atom stereocenters. The standard InChI is InChI=1S/C15H20N4/c1-10-6-7-17-9-11(10)14-18-12(15(2,3)4)8-13(16-5)19-14/h6-9H,1-5H3,(H,16,18,19). The predicted molar refractivity (Wildman–Crippen MR) is 78.2 cm³/mol. The highest BCUT2D eigenvalue weighted by Crippen LogP contribution is 2.26. The number of pyridine rings is 1. The van der Waals surface area contributed by atoms with Gasteiger partial charge in [-0.1, -0.05) is 20.8 Å². The summed E-state index contributed by atoms with van der Waals surface area (Å²) in [5, 5.41) is 3.10. The van der Waals surface area contributed by atoms with Crippen LogP contribution in [0.2, 0.25) is 0 Å². The first kappa shape index (κ1) is 13.5. The third kappa shape index (κ3) is 2.89. The Kier molecular flexibility index (Phi) is 3.51. The topological polar surface area (TPSA) is 50.7 Å². The molecule has 0 aliphatic carbocycles. The summed E-state index contributed by atoms with van der Waals surface area (Å²) in [7, 11) is 1.87. The third-order valence-electron chi connectivity index (χ3n) is 3.03. The van der Waals surface area contributed by atoms with E-state index in [4.69, 9.17) is 4.98 Å². The third-order valence-corrected chi connectivity index (χ3v) is 3.03. The van der Waals surface area contributed by atoms with E-state index in [0.29, 0.717) is 0 Å². The van der Waals surface area contributed by atoms with Crippen LogP contribution in [-0.4, -0.2) is 22.0 Å². The fourth-order valence-corrected chi connectivity index (χ4v) is 1.78. The summed E-state index contributed by atoms with van der Waals surface area (Å²) in [6.45, 7) is 8.49. The Bertz CT molecular complexity index is 585. The Morgan fingerprint density at radius 1 is 1.16 bits per heavy atom. The van der Waals surface area contributed by atoms with E-state index in [1.807, 2.05) is 32.3 Å². The lowest BCUT2D eigenvalue weighted by Crippen LogP contribution is -2.15. The molecule has 2 aromatic heterocycles. The molecule has 0 saturated heterocycles. The molecule has 0 bridgehead atoms. The smallest absolute Gasteiger partial charge is 0.163 e. The predicted octanol–water partition coefficient (Wildman–Crippen LogP) is 3.19. The molecule has 0 aromatic carbocycles. The molecule has 1 N–H and O–H groups in total. The highest BCUT2D eigenvalue weighted by molar-refractivity contribution is 5.60. The molecule has 4 nitrogen and oxygen atoms in total. The summed E-state index contributed by atoms with van der Waals surface area (Å²) in [4.78, 5) is 13.4. The molecule has 0 unspecified atom stereocenters. The molecule has 4 heteroatoms. The molecule has 100 valence electrons. The maximum Gasteiger partial charge on any atom is 0.163 e. The number of anilines is 1. The van der Waals surface area contributed by atoms with Crippen molar-refractivity contribution in [3.63, 3.8) is 0 Å². The van der Waals surface area contributed by atoms with E-state index < -0.39 is 0 Å². The number of aryl methyl sites for hydroxylation is 1. The molecule has 0 spiro atoms. The van der Waals surface area contributed by atoms with Crippen LogP contribution >= 0.6 is 0 Å². The van der Waals surface area contributed by atoms with Gasteiger partial charge in [0.2, 0.25) is 0 Å². The van der Waals surface area contributed by atoms with Crippen molar-refractivity contribution in [2.45, 2.75) is 33.1 Å². The molecule has 2 heterocycles. The van der Waals surface area contributed by atoms with E-state index in [-0.39, 0.29) is 5.41 Å². The highest BCUT2D eigenvalue weighted by atomic mass is 15.0. The van der Waals surface area contributed by atoms with Crippen molar-refractivity contribution in [1.82, 2.24) is 15.0 Å². The van der Waals surface area contributed by atoms with Crippen LogP contribution in [0, 0.1) is 6.92 Å². The van der Waals surface area contributed by atoms with Crippen molar-refractivity contribution in [1.29, 1.82) is 0 Å². The molecular formula is C15H20N4. The van der Waals surface area contributed by atoms with Crippen LogP contribution in [0.25, 0.3) is 11.4 Å². The van der Waals surface area contributed by atoms with Crippen LogP contribution < -0.4 is 5.32 Å². The fourth-order valence-electron chi connectivity index (χ4n) is 1.78. The maximum atomic E-state index is 4.69. The Morgan fingerprint density at radius 3 is 2.47 bits per heavy atom. The van der Waals surface area contributed by atoms with E-state index in [1.54, 1.807) is 6.20 Å². The lowest BCUT2D eigenvalue weighted by atomic mass is 9.91. The SMILES string of the molecule is CNc1cc(C(C)(C)C)nc(-c2cnccc2C)n1. The number of hydrogen-bond donors (Lipinski definition) is 1. The van der Waals surface area contributed by atoms with E-state index in [1.165, 1.54) is 0 Å². The van der Waals surface area contributed by atoms with Gasteiger partial charge in [-0.05, 0) is 18.6 Å². The molecule has 2 rings (SSSR count). The quantitative estimate of drug-likeness (QED) is 0.896. The normalized spacial score (nSPS) is 11.4. The minimum atomic E-state index is -0.0145. The Balaban J connectivity index is 2.61. The first-order chi connectivity index (χ1) is 8.91. The average molecular weight is 256 g/mol. The number of rotatable bonds is 2. The highest BCUT2D eigenvalue weighted by Gasteiger charge is 2.18. The van der Waals surface area contributed by atoms with Gasteiger partial charge in [-0.15, -0.1) is 0 Å². The van der Waals surface area contributed by atoms with Crippen molar-refractivity contribution in [3.05, 3.63) is 35.8 Å². The monoisotopic (exact) mass is 256 g/mol. The first-order valence-electron chi connectivity index (χ1n) is 6.40. The number of nitrogens with zero attached hydrogens (tertiary/aromatic N) is 3. The Morgan fingerprint density at radius 2 is 1.89 bits per heavy atom. The molecule has 19 heavy (non-hydrogen) atoms. The van der Waals surface area contributed by atoms with Gasteiger partial charge in [0.1, 0.15) is 5.82 Å². The Labute approximate surface area is 114 Å². The van der Waals surface area contributed by atoms with Gasteiger partial charge in [0.05, 0.1) is 5.69 Å². The van der Waals surface area contributed by atoms with Gasteiger partial charge in [-0.25, -0.2) is 9.97 Å². The second kappa shape index (κ2) is 4.96. The zero-order valence-electron chi connectivity index (χ0n) is 12.2. The molecule has 0 fully saturated rings. The average Bonchev–Trinajstić information content (AvgIpc) is 2.37. The lowest BCUT2D eigenvalue weighted by molar-refractivity contribution is 0.568. The summed E-state index contributed by atoms with van der Waals surface area (Å²) in [6, 6.07) is 3.97. The van der Waals surface area contributed by atoms with Crippen molar-refractivity contribution in [2.24, 2.45) is 0 Å². The van der Waals surface area contributed by atoms with Crippen LogP contribution in [0.5, 0.6) is 0 Å². The van der Waals surface area contributed by atoms with Gasteiger partial charge in [0.25, 0.3) is 0 Å². The van der Waals surface area contributed by atoms with Crippen molar-refractivity contribution >= 4 is 5.82 Å². The van der Waals surface area contributed by atoms with Crippen LogP contribution in [-0.2, 0) is 5.41 Å². The van der Waals surface area contributed by atoms with E-state index >= 15 is 0 Å². The first-order valence-corrected chi connectivity index (χ1v) is 6.40. The molecule has 0 saturated carbocycles. The minimum Gasteiger partial charge on any atom is -0.373 e. The molecule has 0 radical (unpaired) electrons. The summed E-state index contributed by atoms with van der Waals surface area (Å²) < 4.78 is 0. The molecule has 2 aromatic rings. The van der Waals surface area contributed by atoms with Gasteiger partial charge in [-0.3, -0.25) is 4.98 Å². The molecule has 0 aliphatic rings. The second-order valence-electron chi connectivity index (χ2n) is 5.65. The van der Waals surface area contributed by atoms with Crippen LogP contribution in [0.3, 0.4) is 0 Å². The summed E-state index contributed by atoms with van der Waals surface area (Å²) in [5.74, 6) is 1.56. The zero-order valence-corrected chi connectivity index (χ0v) is 12.2. The molecule has 0 amide bonds. The van der Waals surface area contributed by atoms with Crippen LogP contribution in [0.4, 0.5) is 5.82 Å². The zero-order chi connectivity index (χ0) is 14.0. The van der Waals surface area contributed by atoms with Gasteiger partial charge in [-0.2, -0.15) is 0 Å². The number of hydrogen-bond acceptors (Lipinski definition) is 4. The van der Waals surface area contributed by atoms with Gasteiger partial charge in [0, 0.05) is 36.5 Å². The van der Waals surface area contributed by atoms with Gasteiger partial charge in [0.15, 0.2) is 5.82 Å². The molecular weight excluding hydrogens is 236 g/mol.